The second kappa shape index (κ2) is 7.94. The molecule has 0 aliphatic heterocycles. The molecule has 0 spiro atoms. The first-order valence-electron chi connectivity index (χ1n) is 3.83. The summed E-state index contributed by atoms with van der Waals surface area (Å²) in [6, 6.07) is 0. The normalized spacial score (nSPS) is 14.9. The van der Waals surface area contributed by atoms with Crippen LogP contribution < -0.4 is 10.6 Å². The van der Waals surface area contributed by atoms with Crippen LogP contribution in [0.15, 0.2) is 22.3 Å². The lowest BCUT2D eigenvalue weighted by Crippen LogP contribution is -2.40. The van der Waals surface area contributed by atoms with Gasteiger partial charge in [-0.3, -0.25) is 15.3 Å². The van der Waals surface area contributed by atoms with Gasteiger partial charge in [0.05, 0.1) is 6.34 Å². The molecule has 0 aromatic rings. The molecule has 12 heavy (non-hydrogen) atoms. The lowest BCUT2D eigenvalue weighted by atomic mass is 10.5. The van der Waals surface area contributed by atoms with Crippen molar-refractivity contribution in [3.63, 3.8) is 0 Å². The molecule has 4 heteroatoms. The van der Waals surface area contributed by atoms with Gasteiger partial charge >= 0.3 is 0 Å². The Morgan fingerprint density at radius 3 is 2.67 bits per heavy atom. The molecular formula is C8H16N4. The van der Waals surface area contributed by atoms with Gasteiger partial charge in [-0.1, -0.05) is 6.08 Å². The minimum absolute atomic E-state index is 0.0323. The molecule has 1 atom stereocenters. The highest BCUT2D eigenvalue weighted by molar-refractivity contribution is 5.69. The Hall–Kier alpha value is -1.16. The lowest BCUT2D eigenvalue weighted by Gasteiger charge is -2.08. The largest absolute Gasteiger partial charge is 0.356 e. The number of aliphatic imine (C=N–C) groups is 2. The molecule has 68 valence electrons. The lowest BCUT2D eigenvalue weighted by molar-refractivity contribution is 0.681. The van der Waals surface area contributed by atoms with Gasteiger partial charge in [-0.25, -0.2) is 0 Å². The van der Waals surface area contributed by atoms with Gasteiger partial charge in [0.15, 0.2) is 0 Å². The van der Waals surface area contributed by atoms with E-state index in [1.54, 1.807) is 25.8 Å². The summed E-state index contributed by atoms with van der Waals surface area (Å²) in [5, 5.41) is 6.00. The zero-order chi connectivity index (χ0) is 9.23. The zero-order valence-electron chi connectivity index (χ0n) is 7.78. The number of nitrogens with one attached hydrogen (secondary N) is 2. The molecule has 0 fully saturated rings. The van der Waals surface area contributed by atoms with E-state index in [1.807, 2.05) is 20.0 Å². The second-order valence-electron chi connectivity index (χ2n) is 2.10. The van der Waals surface area contributed by atoms with E-state index in [9.17, 15) is 0 Å². The second-order valence-corrected chi connectivity index (χ2v) is 2.10. The average molecular weight is 168 g/mol. The van der Waals surface area contributed by atoms with Crippen LogP contribution in [-0.2, 0) is 0 Å². The Bertz CT molecular complexity index is 172. The van der Waals surface area contributed by atoms with E-state index >= 15 is 0 Å². The molecule has 0 aromatic heterocycles. The molecule has 0 aromatic carbocycles. The topological polar surface area (TPSA) is 48.8 Å². The van der Waals surface area contributed by atoms with Gasteiger partial charge in [0.2, 0.25) is 0 Å². The minimum atomic E-state index is 0.0323. The SMILES string of the molecule is C/C=C/N=C/C(NC)N/C=N\C. The van der Waals surface area contributed by atoms with Gasteiger partial charge in [0.1, 0.15) is 6.17 Å². The first-order valence-corrected chi connectivity index (χ1v) is 3.83. The maximum atomic E-state index is 4.02. The molecule has 0 radical (unpaired) electrons. The van der Waals surface area contributed by atoms with Gasteiger partial charge in [-0.05, 0) is 14.0 Å². The van der Waals surface area contributed by atoms with Crippen molar-refractivity contribution in [2.45, 2.75) is 13.1 Å². The molecule has 0 amide bonds. The van der Waals surface area contributed by atoms with Crippen molar-refractivity contribution in [3.05, 3.63) is 12.3 Å². The van der Waals surface area contributed by atoms with Crippen LogP contribution in [0.5, 0.6) is 0 Å². The summed E-state index contributed by atoms with van der Waals surface area (Å²) in [5.41, 5.74) is 0. The summed E-state index contributed by atoms with van der Waals surface area (Å²) in [6.45, 7) is 1.92. The summed E-state index contributed by atoms with van der Waals surface area (Å²) in [4.78, 5) is 7.82. The molecule has 0 rings (SSSR count). The zero-order valence-corrected chi connectivity index (χ0v) is 7.78. The molecule has 0 aliphatic rings. The molecule has 0 saturated carbocycles. The first kappa shape index (κ1) is 10.8. The standard InChI is InChI=1S/C8H16N4/c1-4-5-11-6-8(10-3)12-7-9-2/h4-8,10H,1-3H3,(H,9,12)/b5-4+,11-6+. The number of hydrogen-bond acceptors (Lipinski definition) is 3. The summed E-state index contributed by atoms with van der Waals surface area (Å²) >= 11 is 0. The van der Waals surface area contributed by atoms with Crippen LogP contribution in [0.1, 0.15) is 6.92 Å². The minimum Gasteiger partial charge on any atom is -0.356 e. The van der Waals surface area contributed by atoms with Crippen LogP contribution in [-0.4, -0.2) is 32.8 Å². The Balaban J connectivity index is 3.81. The molecule has 0 heterocycles. The number of nitrogens with zero attached hydrogens (tertiary/aromatic N) is 2. The third-order valence-electron chi connectivity index (χ3n) is 1.16. The van der Waals surface area contributed by atoms with Crippen LogP contribution in [0.3, 0.4) is 0 Å². The third kappa shape index (κ3) is 5.61. The van der Waals surface area contributed by atoms with E-state index in [1.165, 1.54) is 0 Å². The van der Waals surface area contributed by atoms with Crippen molar-refractivity contribution in [2.75, 3.05) is 14.1 Å². The van der Waals surface area contributed by atoms with Gasteiger partial charge in [0, 0.05) is 19.5 Å². The van der Waals surface area contributed by atoms with Gasteiger partial charge < -0.3 is 5.32 Å². The Labute approximate surface area is 73.5 Å². The fourth-order valence-electron chi connectivity index (χ4n) is 0.578. The van der Waals surface area contributed by atoms with Crippen molar-refractivity contribution >= 4 is 12.6 Å². The van der Waals surface area contributed by atoms with Crippen LogP contribution >= 0.6 is 0 Å². The van der Waals surface area contributed by atoms with E-state index in [2.05, 4.69) is 20.6 Å². The van der Waals surface area contributed by atoms with Gasteiger partial charge in [-0.2, -0.15) is 0 Å². The van der Waals surface area contributed by atoms with Gasteiger partial charge in [0.25, 0.3) is 0 Å². The molecular weight excluding hydrogens is 152 g/mol. The van der Waals surface area contributed by atoms with E-state index in [-0.39, 0.29) is 6.17 Å². The Morgan fingerprint density at radius 2 is 2.17 bits per heavy atom. The van der Waals surface area contributed by atoms with Crippen molar-refractivity contribution in [1.82, 2.24) is 10.6 Å². The highest BCUT2D eigenvalue weighted by Crippen LogP contribution is 1.74. The van der Waals surface area contributed by atoms with Crippen LogP contribution in [0.2, 0.25) is 0 Å². The molecule has 0 aliphatic carbocycles. The summed E-state index contributed by atoms with van der Waals surface area (Å²) in [5.74, 6) is 0. The molecule has 0 bridgehead atoms. The van der Waals surface area contributed by atoms with Crippen molar-refractivity contribution in [3.8, 4) is 0 Å². The highest BCUT2D eigenvalue weighted by atomic mass is 15.1. The summed E-state index contributed by atoms with van der Waals surface area (Å²) in [7, 11) is 3.56. The molecule has 2 N–H and O–H groups in total. The quantitative estimate of drug-likeness (QED) is 0.354. The smallest absolute Gasteiger partial charge is 0.114 e. The number of rotatable bonds is 5. The Morgan fingerprint density at radius 1 is 1.42 bits per heavy atom. The molecule has 4 nitrogen and oxygen atoms in total. The van der Waals surface area contributed by atoms with Crippen molar-refractivity contribution in [2.24, 2.45) is 9.98 Å². The Kier molecular flexibility index (Phi) is 7.17. The predicted octanol–water partition coefficient (Wildman–Crippen LogP) is 0.384. The maximum absolute atomic E-state index is 4.02. The van der Waals surface area contributed by atoms with E-state index < -0.39 is 0 Å². The maximum Gasteiger partial charge on any atom is 0.114 e. The monoisotopic (exact) mass is 168 g/mol. The average Bonchev–Trinajstić information content (AvgIpc) is 2.11. The fraction of sp³-hybridized carbons (Fsp3) is 0.500. The van der Waals surface area contributed by atoms with E-state index in [0.29, 0.717) is 0 Å². The predicted molar refractivity (Wildman–Crippen MR) is 53.7 cm³/mol. The third-order valence-corrected chi connectivity index (χ3v) is 1.16. The summed E-state index contributed by atoms with van der Waals surface area (Å²) < 4.78 is 0. The number of allylic oxidation sites excluding steroid dienone is 1. The van der Waals surface area contributed by atoms with E-state index in [0.717, 1.165) is 0 Å². The molecule has 1 unspecified atom stereocenters. The summed E-state index contributed by atoms with van der Waals surface area (Å²) in [6.07, 6.45) is 7.03. The molecule has 0 saturated heterocycles. The van der Waals surface area contributed by atoms with Crippen LogP contribution in [0.4, 0.5) is 0 Å². The van der Waals surface area contributed by atoms with Crippen molar-refractivity contribution in [1.29, 1.82) is 0 Å². The number of hydrogen-bond donors (Lipinski definition) is 2. The van der Waals surface area contributed by atoms with Crippen molar-refractivity contribution < 1.29 is 0 Å². The highest BCUT2D eigenvalue weighted by Gasteiger charge is 1.94. The van der Waals surface area contributed by atoms with Crippen LogP contribution in [0, 0.1) is 0 Å². The first-order chi connectivity index (χ1) is 5.85. The van der Waals surface area contributed by atoms with Crippen LogP contribution in [0.25, 0.3) is 0 Å². The van der Waals surface area contributed by atoms with Gasteiger partial charge in [-0.15, -0.1) is 0 Å². The fourth-order valence-corrected chi connectivity index (χ4v) is 0.578. The van der Waals surface area contributed by atoms with E-state index in [4.69, 9.17) is 0 Å².